The van der Waals surface area contributed by atoms with Crippen LogP contribution in [0.25, 0.3) is 0 Å². The van der Waals surface area contributed by atoms with Crippen molar-refractivity contribution in [1.82, 2.24) is 4.90 Å². The van der Waals surface area contributed by atoms with Crippen molar-refractivity contribution in [1.29, 1.82) is 0 Å². The highest BCUT2D eigenvalue weighted by atomic mass is 16.5. The molecule has 2 aromatic carbocycles. The number of carbonyl (C=O) groups excluding carboxylic acids is 2. The van der Waals surface area contributed by atoms with Crippen molar-refractivity contribution in [2.75, 3.05) is 32.2 Å². The van der Waals surface area contributed by atoms with Gasteiger partial charge in [-0.3, -0.25) is 9.59 Å². The average Bonchev–Trinajstić information content (AvgIpc) is 3.69. The zero-order chi connectivity index (χ0) is 22.1. The fourth-order valence-corrected chi connectivity index (χ4v) is 4.94. The molecule has 0 spiro atoms. The van der Waals surface area contributed by atoms with Crippen LogP contribution in [-0.4, -0.2) is 43.6 Å². The van der Waals surface area contributed by atoms with Crippen LogP contribution >= 0.6 is 0 Å². The molecule has 168 valence electrons. The lowest BCUT2D eigenvalue weighted by atomic mass is 9.73. The second kappa shape index (κ2) is 8.58. The van der Waals surface area contributed by atoms with Crippen LogP contribution in [0, 0.1) is 5.92 Å². The fraction of sp³-hybridized carbons (Fsp3) is 0.462. The first-order chi connectivity index (χ1) is 15.6. The van der Waals surface area contributed by atoms with E-state index >= 15 is 0 Å². The molecule has 5 rings (SSSR count). The van der Waals surface area contributed by atoms with Gasteiger partial charge < -0.3 is 19.7 Å². The van der Waals surface area contributed by atoms with Gasteiger partial charge in [-0.15, -0.1) is 0 Å². The predicted molar refractivity (Wildman–Crippen MR) is 122 cm³/mol. The molecule has 3 aliphatic rings. The number of amides is 2. The molecule has 6 heteroatoms. The minimum Gasteiger partial charge on any atom is -0.497 e. The lowest BCUT2D eigenvalue weighted by Gasteiger charge is -2.36. The van der Waals surface area contributed by atoms with Gasteiger partial charge in [0.2, 0.25) is 11.8 Å². The molecule has 0 radical (unpaired) electrons. The SMILES string of the molecule is COc1ccc(C2(C(=O)Nc3ccc4c(c3)CN(C(=O)C3CC3)CC4)CCOCC2)cc1. The quantitative estimate of drug-likeness (QED) is 0.780. The highest BCUT2D eigenvalue weighted by Crippen LogP contribution is 2.37. The summed E-state index contributed by atoms with van der Waals surface area (Å²) in [5.74, 6) is 1.28. The summed E-state index contributed by atoms with van der Waals surface area (Å²) in [6.45, 7) is 2.53. The van der Waals surface area contributed by atoms with E-state index in [2.05, 4.69) is 11.4 Å². The third kappa shape index (κ3) is 3.99. The molecule has 0 bridgehead atoms. The van der Waals surface area contributed by atoms with Crippen molar-refractivity contribution in [3.8, 4) is 5.75 Å². The second-order valence-electron chi connectivity index (χ2n) is 9.14. The predicted octanol–water partition coefficient (Wildman–Crippen LogP) is 3.68. The summed E-state index contributed by atoms with van der Waals surface area (Å²) in [6, 6.07) is 13.9. The van der Waals surface area contributed by atoms with E-state index in [1.54, 1.807) is 7.11 Å². The zero-order valence-electron chi connectivity index (χ0n) is 18.6. The van der Waals surface area contributed by atoms with Crippen LogP contribution in [-0.2, 0) is 32.7 Å². The molecule has 6 nitrogen and oxygen atoms in total. The largest absolute Gasteiger partial charge is 0.497 e. The van der Waals surface area contributed by atoms with Gasteiger partial charge in [-0.1, -0.05) is 18.2 Å². The van der Waals surface area contributed by atoms with Crippen molar-refractivity contribution in [3.63, 3.8) is 0 Å². The number of nitrogens with zero attached hydrogens (tertiary/aromatic N) is 1. The van der Waals surface area contributed by atoms with Crippen LogP contribution in [0.4, 0.5) is 5.69 Å². The molecular weight excluding hydrogens is 404 g/mol. The van der Waals surface area contributed by atoms with Gasteiger partial charge in [0.25, 0.3) is 0 Å². The molecule has 1 N–H and O–H groups in total. The highest BCUT2D eigenvalue weighted by Gasteiger charge is 2.42. The third-order valence-corrected chi connectivity index (χ3v) is 7.14. The lowest BCUT2D eigenvalue weighted by molar-refractivity contribution is -0.133. The Morgan fingerprint density at radius 1 is 1.06 bits per heavy atom. The van der Waals surface area contributed by atoms with Gasteiger partial charge in [0.05, 0.1) is 12.5 Å². The summed E-state index contributed by atoms with van der Waals surface area (Å²) >= 11 is 0. The van der Waals surface area contributed by atoms with E-state index < -0.39 is 5.41 Å². The van der Waals surface area contributed by atoms with Gasteiger partial charge in [0.1, 0.15) is 5.75 Å². The first-order valence-electron chi connectivity index (χ1n) is 11.5. The minimum atomic E-state index is -0.631. The third-order valence-electron chi connectivity index (χ3n) is 7.14. The monoisotopic (exact) mass is 434 g/mol. The number of methoxy groups -OCH3 is 1. The molecule has 2 aliphatic heterocycles. The minimum absolute atomic E-state index is 0.00682. The zero-order valence-corrected chi connectivity index (χ0v) is 18.6. The van der Waals surface area contributed by atoms with Gasteiger partial charge >= 0.3 is 0 Å². The number of hydrogen-bond acceptors (Lipinski definition) is 4. The van der Waals surface area contributed by atoms with E-state index in [4.69, 9.17) is 9.47 Å². The number of hydrogen-bond donors (Lipinski definition) is 1. The summed E-state index contributed by atoms with van der Waals surface area (Å²) < 4.78 is 10.9. The van der Waals surface area contributed by atoms with Crippen molar-refractivity contribution in [3.05, 3.63) is 59.2 Å². The van der Waals surface area contributed by atoms with Gasteiger partial charge in [-0.05, 0) is 73.1 Å². The Labute approximate surface area is 188 Å². The van der Waals surface area contributed by atoms with Crippen LogP contribution < -0.4 is 10.1 Å². The maximum absolute atomic E-state index is 13.6. The van der Waals surface area contributed by atoms with Gasteiger partial charge in [0.15, 0.2) is 0 Å². The number of nitrogens with one attached hydrogen (secondary N) is 1. The van der Waals surface area contributed by atoms with Gasteiger partial charge in [-0.25, -0.2) is 0 Å². The molecule has 2 heterocycles. The first-order valence-corrected chi connectivity index (χ1v) is 11.5. The smallest absolute Gasteiger partial charge is 0.235 e. The van der Waals surface area contributed by atoms with Crippen molar-refractivity contribution < 1.29 is 19.1 Å². The molecule has 0 atom stereocenters. The van der Waals surface area contributed by atoms with E-state index in [0.717, 1.165) is 48.4 Å². The number of fused-ring (bicyclic) bond motifs is 1. The average molecular weight is 435 g/mol. The summed E-state index contributed by atoms with van der Waals surface area (Å²) in [5, 5.41) is 3.18. The molecular formula is C26H30N2O4. The number of ether oxygens (including phenoxy) is 2. The summed E-state index contributed by atoms with van der Waals surface area (Å²) in [4.78, 5) is 28.1. The molecule has 1 aliphatic carbocycles. The Balaban J connectivity index is 1.36. The van der Waals surface area contributed by atoms with Gasteiger partial charge in [-0.2, -0.15) is 0 Å². The Morgan fingerprint density at radius 2 is 1.81 bits per heavy atom. The van der Waals surface area contributed by atoms with Crippen LogP contribution in [0.3, 0.4) is 0 Å². The number of benzene rings is 2. The van der Waals surface area contributed by atoms with E-state index in [9.17, 15) is 9.59 Å². The molecule has 2 aromatic rings. The topological polar surface area (TPSA) is 67.9 Å². The van der Waals surface area contributed by atoms with E-state index in [1.165, 1.54) is 5.56 Å². The summed E-state index contributed by atoms with van der Waals surface area (Å²) in [6.07, 6.45) is 4.19. The van der Waals surface area contributed by atoms with E-state index in [1.807, 2.05) is 41.3 Å². The number of carbonyl (C=O) groups is 2. The molecule has 1 saturated heterocycles. The highest BCUT2D eigenvalue weighted by molar-refractivity contribution is 5.99. The van der Waals surface area contributed by atoms with Crippen LogP contribution in [0.5, 0.6) is 5.75 Å². The van der Waals surface area contributed by atoms with Crippen LogP contribution in [0.2, 0.25) is 0 Å². The molecule has 2 fully saturated rings. The molecule has 2 amide bonds. The van der Waals surface area contributed by atoms with Gasteiger partial charge in [0, 0.05) is 37.9 Å². The second-order valence-corrected chi connectivity index (χ2v) is 9.14. The molecule has 0 aromatic heterocycles. The van der Waals surface area contributed by atoms with E-state index in [0.29, 0.717) is 32.6 Å². The maximum atomic E-state index is 13.6. The van der Waals surface area contributed by atoms with Crippen molar-refractivity contribution in [2.24, 2.45) is 5.92 Å². The van der Waals surface area contributed by atoms with Crippen LogP contribution in [0.15, 0.2) is 42.5 Å². The Morgan fingerprint density at radius 3 is 2.50 bits per heavy atom. The fourth-order valence-electron chi connectivity index (χ4n) is 4.94. The van der Waals surface area contributed by atoms with Crippen molar-refractivity contribution >= 4 is 17.5 Å². The summed E-state index contributed by atoms with van der Waals surface area (Å²) in [5.41, 5.74) is 3.54. The first kappa shape index (κ1) is 21.0. The maximum Gasteiger partial charge on any atom is 0.235 e. The molecule has 0 unspecified atom stereocenters. The Bertz CT molecular complexity index is 1010. The summed E-state index contributed by atoms with van der Waals surface area (Å²) in [7, 11) is 1.64. The molecule has 1 saturated carbocycles. The standard InChI is InChI=1S/C26H30N2O4/c1-31-23-8-5-21(6-9-23)26(11-14-32-15-12-26)25(30)27-22-7-4-18-10-13-28(17-20(18)16-22)24(29)19-2-3-19/h4-9,16,19H,2-3,10-15,17H2,1H3,(H,27,30). The number of rotatable bonds is 5. The molecule has 32 heavy (non-hydrogen) atoms. The Hall–Kier alpha value is -2.86. The van der Waals surface area contributed by atoms with Crippen molar-refractivity contribution in [2.45, 2.75) is 44.1 Å². The van der Waals surface area contributed by atoms with Crippen LogP contribution in [0.1, 0.15) is 42.4 Å². The lowest BCUT2D eigenvalue weighted by Crippen LogP contribution is -2.44. The Kier molecular flexibility index (Phi) is 5.64. The normalized spacial score (nSPS) is 19.7. The van der Waals surface area contributed by atoms with E-state index in [-0.39, 0.29) is 17.7 Å². The number of anilines is 1.